The maximum atomic E-state index is 11.6. The van der Waals surface area contributed by atoms with Gasteiger partial charge in [0.15, 0.2) is 5.58 Å². The molecule has 2 aromatic heterocycles. The van der Waals surface area contributed by atoms with E-state index in [-0.39, 0.29) is 5.91 Å². The molecule has 0 aliphatic rings. The minimum atomic E-state index is -0.274. The molecule has 1 amide bonds. The fourth-order valence-corrected chi connectivity index (χ4v) is 1.61. The van der Waals surface area contributed by atoms with Gasteiger partial charge in [-0.3, -0.25) is 9.89 Å². The van der Waals surface area contributed by atoms with Crippen LogP contribution < -0.4 is 5.32 Å². The lowest BCUT2D eigenvalue weighted by atomic mass is 10.3. The van der Waals surface area contributed by atoms with Gasteiger partial charge in [-0.1, -0.05) is 12.1 Å². The van der Waals surface area contributed by atoms with Crippen LogP contribution in [0.4, 0.5) is 5.69 Å². The van der Waals surface area contributed by atoms with Crippen molar-refractivity contribution in [2.45, 2.75) is 0 Å². The van der Waals surface area contributed by atoms with E-state index in [2.05, 4.69) is 20.5 Å². The number of hydrogen-bond acceptors (Lipinski definition) is 4. The van der Waals surface area contributed by atoms with Gasteiger partial charge in [0, 0.05) is 18.3 Å². The van der Waals surface area contributed by atoms with Crippen LogP contribution in [0.1, 0.15) is 5.89 Å². The van der Waals surface area contributed by atoms with Crippen molar-refractivity contribution in [2.75, 3.05) is 5.32 Å². The van der Waals surface area contributed by atoms with Crippen molar-refractivity contribution < 1.29 is 9.21 Å². The molecule has 0 spiro atoms. The smallest absolute Gasteiger partial charge is 0.248 e. The lowest BCUT2D eigenvalue weighted by Gasteiger charge is -1.94. The minimum absolute atomic E-state index is 0.274. The molecule has 0 radical (unpaired) electrons. The second-order valence-electron chi connectivity index (χ2n) is 3.83. The predicted octanol–water partition coefficient (Wildman–Crippen LogP) is 2.20. The van der Waals surface area contributed by atoms with Gasteiger partial charge < -0.3 is 9.73 Å². The molecule has 0 aliphatic carbocycles. The molecule has 19 heavy (non-hydrogen) atoms. The molecule has 0 aliphatic heterocycles. The Morgan fingerprint density at radius 1 is 1.37 bits per heavy atom. The first-order chi connectivity index (χ1) is 9.31. The zero-order chi connectivity index (χ0) is 13.1. The van der Waals surface area contributed by atoms with Crippen LogP contribution in [0, 0.1) is 0 Å². The molecule has 6 nitrogen and oxygen atoms in total. The van der Waals surface area contributed by atoms with Crippen molar-refractivity contribution in [1.29, 1.82) is 0 Å². The Bertz CT molecular complexity index is 695. The Labute approximate surface area is 108 Å². The summed E-state index contributed by atoms with van der Waals surface area (Å²) in [5.74, 6) is 0.118. The molecule has 2 N–H and O–H groups in total. The van der Waals surface area contributed by atoms with Gasteiger partial charge in [-0.05, 0) is 12.1 Å². The number of anilines is 1. The highest BCUT2D eigenvalue weighted by Gasteiger charge is 2.03. The lowest BCUT2D eigenvalue weighted by Crippen LogP contribution is -2.06. The van der Waals surface area contributed by atoms with E-state index in [0.717, 1.165) is 5.52 Å². The SMILES string of the molecule is O=C(/C=C/c1nc2ccccc2o1)Nc1cn[nH]c1. The lowest BCUT2D eigenvalue weighted by molar-refractivity contribution is -0.111. The molecule has 0 saturated carbocycles. The highest BCUT2D eigenvalue weighted by molar-refractivity contribution is 6.01. The fourth-order valence-electron chi connectivity index (χ4n) is 1.61. The van der Waals surface area contributed by atoms with Gasteiger partial charge in [0.05, 0.1) is 11.9 Å². The fraction of sp³-hybridized carbons (Fsp3) is 0. The Hall–Kier alpha value is -2.89. The van der Waals surface area contributed by atoms with Crippen molar-refractivity contribution >= 4 is 28.8 Å². The minimum Gasteiger partial charge on any atom is -0.437 e. The van der Waals surface area contributed by atoms with E-state index in [0.29, 0.717) is 17.2 Å². The quantitative estimate of drug-likeness (QED) is 0.702. The maximum absolute atomic E-state index is 11.6. The van der Waals surface area contributed by atoms with E-state index < -0.39 is 0 Å². The summed E-state index contributed by atoms with van der Waals surface area (Å²) in [5.41, 5.74) is 2.06. The van der Waals surface area contributed by atoms with E-state index in [9.17, 15) is 4.79 Å². The van der Waals surface area contributed by atoms with E-state index >= 15 is 0 Å². The van der Waals surface area contributed by atoms with Gasteiger partial charge in [0.25, 0.3) is 0 Å². The molecule has 0 saturated heterocycles. The zero-order valence-electron chi connectivity index (χ0n) is 9.83. The number of fused-ring (bicyclic) bond motifs is 1. The van der Waals surface area contributed by atoms with Crippen LogP contribution in [0.15, 0.2) is 47.2 Å². The Morgan fingerprint density at radius 2 is 2.26 bits per heavy atom. The highest BCUT2D eigenvalue weighted by Crippen LogP contribution is 2.15. The Morgan fingerprint density at radius 3 is 3.05 bits per heavy atom. The van der Waals surface area contributed by atoms with Gasteiger partial charge >= 0.3 is 0 Å². The molecule has 6 heteroatoms. The number of aromatic nitrogens is 3. The van der Waals surface area contributed by atoms with Gasteiger partial charge in [0.2, 0.25) is 11.8 Å². The monoisotopic (exact) mass is 254 g/mol. The Balaban J connectivity index is 1.73. The first-order valence-electron chi connectivity index (χ1n) is 5.65. The molecule has 94 valence electrons. The Kier molecular flexibility index (Phi) is 2.82. The van der Waals surface area contributed by atoms with Crippen LogP contribution in [0.25, 0.3) is 17.2 Å². The van der Waals surface area contributed by atoms with E-state index in [4.69, 9.17) is 4.42 Å². The number of H-pyrrole nitrogens is 1. The van der Waals surface area contributed by atoms with Gasteiger partial charge in [0.1, 0.15) is 5.52 Å². The average Bonchev–Trinajstić information content (AvgIpc) is 3.04. The number of carbonyl (C=O) groups is 1. The number of oxazole rings is 1. The molecule has 0 fully saturated rings. The first-order valence-corrected chi connectivity index (χ1v) is 5.65. The number of carbonyl (C=O) groups excluding carboxylic acids is 1. The number of hydrogen-bond donors (Lipinski definition) is 2. The van der Waals surface area contributed by atoms with Crippen LogP contribution in [-0.4, -0.2) is 21.1 Å². The molecule has 3 rings (SSSR count). The summed E-state index contributed by atoms with van der Waals surface area (Å²) < 4.78 is 5.46. The molecule has 2 heterocycles. The second-order valence-corrected chi connectivity index (χ2v) is 3.83. The summed E-state index contributed by atoms with van der Waals surface area (Å²) in [6.07, 6.45) is 5.99. The summed E-state index contributed by atoms with van der Waals surface area (Å²) >= 11 is 0. The van der Waals surface area contributed by atoms with Gasteiger partial charge in [-0.2, -0.15) is 5.10 Å². The zero-order valence-corrected chi connectivity index (χ0v) is 9.83. The standard InChI is InChI=1S/C13H10N4O2/c18-12(16-9-7-14-15-8-9)5-6-13-17-10-3-1-2-4-11(10)19-13/h1-8H,(H,14,15)(H,16,18)/b6-5+. The number of para-hydroxylation sites is 2. The summed E-state index contributed by atoms with van der Waals surface area (Å²) in [6.45, 7) is 0. The second kappa shape index (κ2) is 4.77. The van der Waals surface area contributed by atoms with Crippen LogP contribution in [0.2, 0.25) is 0 Å². The third kappa shape index (κ3) is 2.52. The molecule has 0 bridgehead atoms. The molecule has 0 unspecified atom stereocenters. The van der Waals surface area contributed by atoms with Crippen molar-refractivity contribution in [3.05, 3.63) is 48.6 Å². The number of rotatable bonds is 3. The van der Waals surface area contributed by atoms with Crippen LogP contribution in [0.5, 0.6) is 0 Å². The summed E-state index contributed by atoms with van der Waals surface area (Å²) in [7, 11) is 0. The average molecular weight is 254 g/mol. The molecule has 0 atom stereocenters. The summed E-state index contributed by atoms with van der Waals surface area (Å²) in [6, 6.07) is 7.42. The van der Waals surface area contributed by atoms with Gasteiger partial charge in [-0.15, -0.1) is 0 Å². The molecular weight excluding hydrogens is 244 g/mol. The first kappa shape index (κ1) is 11.2. The molecule has 1 aromatic carbocycles. The number of aromatic amines is 1. The third-order valence-electron chi connectivity index (χ3n) is 2.45. The van der Waals surface area contributed by atoms with E-state index in [1.165, 1.54) is 18.3 Å². The number of nitrogens with one attached hydrogen (secondary N) is 2. The molecule has 3 aromatic rings. The molecular formula is C13H10N4O2. The largest absolute Gasteiger partial charge is 0.437 e. The van der Waals surface area contributed by atoms with Crippen LogP contribution >= 0.6 is 0 Å². The summed E-state index contributed by atoms with van der Waals surface area (Å²) in [5, 5.41) is 8.97. The number of benzene rings is 1. The van der Waals surface area contributed by atoms with Crippen LogP contribution in [0.3, 0.4) is 0 Å². The normalized spacial score (nSPS) is 11.2. The van der Waals surface area contributed by atoms with E-state index in [1.807, 2.05) is 24.3 Å². The van der Waals surface area contributed by atoms with Crippen molar-refractivity contribution in [2.24, 2.45) is 0 Å². The topological polar surface area (TPSA) is 83.8 Å². The third-order valence-corrected chi connectivity index (χ3v) is 2.45. The number of amides is 1. The van der Waals surface area contributed by atoms with Crippen molar-refractivity contribution in [3.8, 4) is 0 Å². The number of nitrogens with zero attached hydrogens (tertiary/aromatic N) is 2. The van der Waals surface area contributed by atoms with E-state index in [1.54, 1.807) is 6.20 Å². The van der Waals surface area contributed by atoms with Crippen LogP contribution in [-0.2, 0) is 4.79 Å². The van der Waals surface area contributed by atoms with Crippen molar-refractivity contribution in [3.63, 3.8) is 0 Å². The predicted molar refractivity (Wildman–Crippen MR) is 70.3 cm³/mol. The maximum Gasteiger partial charge on any atom is 0.248 e. The summed E-state index contributed by atoms with van der Waals surface area (Å²) in [4.78, 5) is 15.8. The highest BCUT2D eigenvalue weighted by atomic mass is 16.3. The van der Waals surface area contributed by atoms with Gasteiger partial charge in [-0.25, -0.2) is 4.98 Å². The van der Waals surface area contributed by atoms with Crippen molar-refractivity contribution in [1.82, 2.24) is 15.2 Å².